The lowest BCUT2D eigenvalue weighted by atomic mass is 9.93. The van der Waals surface area contributed by atoms with Gasteiger partial charge >= 0.3 is 0 Å². The Morgan fingerprint density at radius 1 is 1.28 bits per heavy atom. The van der Waals surface area contributed by atoms with Crippen LogP contribution in [-0.4, -0.2) is 26.8 Å². The maximum absolute atomic E-state index is 5.68. The highest BCUT2D eigenvalue weighted by molar-refractivity contribution is 5.24. The summed E-state index contributed by atoms with van der Waals surface area (Å²) in [7, 11) is 3.72. The summed E-state index contributed by atoms with van der Waals surface area (Å²) in [6, 6.07) is 10.5. The fourth-order valence-corrected chi connectivity index (χ4v) is 2.45. The van der Waals surface area contributed by atoms with Crippen molar-refractivity contribution < 1.29 is 9.47 Å². The van der Waals surface area contributed by atoms with Gasteiger partial charge in [0, 0.05) is 7.11 Å². The molecule has 0 aliphatic carbocycles. The van der Waals surface area contributed by atoms with Crippen LogP contribution in [0.25, 0.3) is 0 Å². The van der Waals surface area contributed by atoms with Gasteiger partial charge in [0.1, 0.15) is 6.10 Å². The number of rotatable bonds is 5. The van der Waals surface area contributed by atoms with Crippen LogP contribution in [0.15, 0.2) is 42.2 Å². The number of nitrogens with one attached hydrogen (secondary N) is 1. The molecule has 2 rings (SSSR count). The summed E-state index contributed by atoms with van der Waals surface area (Å²) in [5, 5.41) is 3.35. The molecule has 0 amide bonds. The zero-order valence-electron chi connectivity index (χ0n) is 11.1. The maximum Gasteiger partial charge on any atom is 0.101 e. The lowest BCUT2D eigenvalue weighted by Crippen LogP contribution is -2.36. The SMILES string of the molecule is CNC(C1=COCCC1)C(OC)c1ccccc1. The minimum Gasteiger partial charge on any atom is -0.501 e. The second kappa shape index (κ2) is 6.57. The van der Waals surface area contributed by atoms with Gasteiger partial charge in [-0.2, -0.15) is 0 Å². The second-order valence-electron chi connectivity index (χ2n) is 4.50. The van der Waals surface area contributed by atoms with E-state index in [1.54, 1.807) is 7.11 Å². The third-order valence-corrected chi connectivity index (χ3v) is 3.36. The van der Waals surface area contributed by atoms with Gasteiger partial charge in [0.25, 0.3) is 0 Å². The average molecular weight is 247 g/mol. The molecule has 18 heavy (non-hydrogen) atoms. The first-order valence-corrected chi connectivity index (χ1v) is 6.42. The first-order valence-electron chi connectivity index (χ1n) is 6.42. The zero-order valence-corrected chi connectivity index (χ0v) is 11.1. The third-order valence-electron chi connectivity index (χ3n) is 3.36. The van der Waals surface area contributed by atoms with Gasteiger partial charge in [-0.1, -0.05) is 30.3 Å². The molecule has 3 heteroatoms. The summed E-state index contributed by atoms with van der Waals surface area (Å²) in [5.74, 6) is 0. The van der Waals surface area contributed by atoms with E-state index >= 15 is 0 Å². The average Bonchev–Trinajstić information content (AvgIpc) is 2.46. The van der Waals surface area contributed by atoms with Gasteiger partial charge in [0.15, 0.2) is 0 Å². The fourth-order valence-electron chi connectivity index (χ4n) is 2.45. The molecule has 2 atom stereocenters. The third kappa shape index (κ3) is 2.92. The van der Waals surface area contributed by atoms with E-state index in [-0.39, 0.29) is 12.1 Å². The predicted octanol–water partition coefficient (Wildman–Crippen LogP) is 2.66. The van der Waals surface area contributed by atoms with Crippen LogP contribution >= 0.6 is 0 Å². The van der Waals surface area contributed by atoms with Crippen molar-refractivity contribution in [2.24, 2.45) is 0 Å². The van der Waals surface area contributed by atoms with E-state index in [1.165, 1.54) is 11.1 Å². The summed E-state index contributed by atoms with van der Waals surface area (Å²) in [6.07, 6.45) is 4.05. The van der Waals surface area contributed by atoms with E-state index in [9.17, 15) is 0 Å². The summed E-state index contributed by atoms with van der Waals surface area (Å²) in [4.78, 5) is 0. The Hall–Kier alpha value is -1.32. The van der Waals surface area contributed by atoms with E-state index < -0.39 is 0 Å². The maximum atomic E-state index is 5.68. The Morgan fingerprint density at radius 3 is 2.61 bits per heavy atom. The highest BCUT2D eigenvalue weighted by Crippen LogP contribution is 2.28. The van der Waals surface area contributed by atoms with Crippen molar-refractivity contribution in [2.45, 2.75) is 25.0 Å². The molecule has 0 aromatic heterocycles. The molecule has 1 aliphatic rings. The summed E-state index contributed by atoms with van der Waals surface area (Å²) < 4.78 is 11.1. The zero-order chi connectivity index (χ0) is 12.8. The highest BCUT2D eigenvalue weighted by Gasteiger charge is 2.26. The van der Waals surface area contributed by atoms with Gasteiger partial charge < -0.3 is 14.8 Å². The predicted molar refractivity (Wildman–Crippen MR) is 72.3 cm³/mol. The van der Waals surface area contributed by atoms with E-state index in [1.807, 2.05) is 31.5 Å². The Kier molecular flexibility index (Phi) is 4.79. The molecule has 1 aromatic carbocycles. The Balaban J connectivity index is 2.21. The van der Waals surface area contributed by atoms with Crippen molar-refractivity contribution in [2.75, 3.05) is 20.8 Å². The van der Waals surface area contributed by atoms with Crippen molar-refractivity contribution in [3.8, 4) is 0 Å². The molecule has 2 unspecified atom stereocenters. The molecular formula is C15H21NO2. The van der Waals surface area contributed by atoms with Crippen LogP contribution in [0, 0.1) is 0 Å². The number of hydrogen-bond acceptors (Lipinski definition) is 3. The first-order chi connectivity index (χ1) is 8.86. The molecule has 0 fully saturated rings. The Labute approximate surface area is 109 Å². The molecule has 1 heterocycles. The monoisotopic (exact) mass is 247 g/mol. The minimum absolute atomic E-state index is 0.0177. The van der Waals surface area contributed by atoms with Crippen LogP contribution in [0.4, 0.5) is 0 Å². The molecule has 3 nitrogen and oxygen atoms in total. The smallest absolute Gasteiger partial charge is 0.101 e. The molecule has 1 N–H and O–H groups in total. The molecular weight excluding hydrogens is 226 g/mol. The molecule has 98 valence electrons. The van der Waals surface area contributed by atoms with Crippen LogP contribution in [0.2, 0.25) is 0 Å². The second-order valence-corrected chi connectivity index (χ2v) is 4.50. The number of ether oxygens (including phenoxy) is 2. The lowest BCUT2D eigenvalue weighted by molar-refractivity contribution is 0.0762. The van der Waals surface area contributed by atoms with Crippen molar-refractivity contribution >= 4 is 0 Å². The summed E-state index contributed by atoms with van der Waals surface area (Å²) in [5.41, 5.74) is 2.46. The van der Waals surface area contributed by atoms with Crippen LogP contribution < -0.4 is 5.32 Å². The van der Waals surface area contributed by atoms with Crippen molar-refractivity contribution in [3.05, 3.63) is 47.7 Å². The highest BCUT2D eigenvalue weighted by atomic mass is 16.5. The van der Waals surface area contributed by atoms with E-state index in [0.717, 1.165) is 19.4 Å². The normalized spacial score (nSPS) is 18.7. The van der Waals surface area contributed by atoms with Crippen LogP contribution in [0.5, 0.6) is 0 Å². The standard InChI is InChI=1S/C15H21NO2/c1-16-14(13-9-6-10-18-11-13)15(17-2)12-7-4-3-5-8-12/h3-5,7-8,11,14-16H,6,9-10H2,1-2H3. The quantitative estimate of drug-likeness (QED) is 0.867. The lowest BCUT2D eigenvalue weighted by Gasteiger charge is -2.29. The van der Waals surface area contributed by atoms with Gasteiger partial charge in [-0.25, -0.2) is 0 Å². The minimum atomic E-state index is 0.0177. The Morgan fingerprint density at radius 2 is 2.06 bits per heavy atom. The van der Waals surface area contributed by atoms with E-state index in [4.69, 9.17) is 9.47 Å². The summed E-state index contributed by atoms with van der Waals surface area (Å²) >= 11 is 0. The van der Waals surface area contributed by atoms with Crippen LogP contribution in [-0.2, 0) is 9.47 Å². The fraction of sp³-hybridized carbons (Fsp3) is 0.467. The number of benzene rings is 1. The molecule has 1 aliphatic heterocycles. The van der Waals surface area contributed by atoms with Gasteiger partial charge in [0.2, 0.25) is 0 Å². The van der Waals surface area contributed by atoms with Crippen molar-refractivity contribution in [1.82, 2.24) is 5.32 Å². The number of methoxy groups -OCH3 is 1. The molecule has 0 radical (unpaired) electrons. The molecule has 0 saturated carbocycles. The van der Waals surface area contributed by atoms with Crippen molar-refractivity contribution in [3.63, 3.8) is 0 Å². The van der Waals surface area contributed by atoms with Crippen molar-refractivity contribution in [1.29, 1.82) is 0 Å². The molecule has 0 saturated heterocycles. The van der Waals surface area contributed by atoms with Gasteiger partial charge in [-0.05, 0) is 31.0 Å². The molecule has 0 spiro atoms. The van der Waals surface area contributed by atoms with E-state index in [0.29, 0.717) is 0 Å². The topological polar surface area (TPSA) is 30.5 Å². The first kappa shape index (κ1) is 13.1. The van der Waals surface area contributed by atoms with Crippen LogP contribution in [0.1, 0.15) is 24.5 Å². The number of likely N-dealkylation sites (N-methyl/N-ethyl adjacent to an activating group) is 1. The number of hydrogen-bond donors (Lipinski definition) is 1. The largest absolute Gasteiger partial charge is 0.501 e. The van der Waals surface area contributed by atoms with Gasteiger partial charge in [-0.3, -0.25) is 0 Å². The van der Waals surface area contributed by atoms with Gasteiger partial charge in [-0.15, -0.1) is 0 Å². The van der Waals surface area contributed by atoms with Crippen LogP contribution in [0.3, 0.4) is 0 Å². The molecule has 1 aromatic rings. The van der Waals surface area contributed by atoms with Gasteiger partial charge in [0.05, 0.1) is 18.9 Å². The molecule has 0 bridgehead atoms. The summed E-state index contributed by atoms with van der Waals surface area (Å²) in [6.45, 7) is 0.822. The van der Waals surface area contributed by atoms with E-state index in [2.05, 4.69) is 17.4 Å². The Bertz CT molecular complexity index is 389.